The fraction of sp³-hybridized carbons (Fsp3) is 0.0667. The van der Waals surface area contributed by atoms with Gasteiger partial charge in [0, 0.05) is 32.3 Å². The van der Waals surface area contributed by atoms with Crippen molar-refractivity contribution in [1.82, 2.24) is 0 Å². The smallest absolute Gasteiger partial charge is 0.0640 e. The van der Waals surface area contributed by atoms with Crippen LogP contribution in [-0.2, 0) is 5.41 Å². The zero-order valence-corrected chi connectivity index (χ0v) is 27.3. The van der Waals surface area contributed by atoms with Crippen LogP contribution in [0.25, 0.3) is 53.6 Å². The lowest BCUT2D eigenvalue weighted by Gasteiger charge is -2.26. The van der Waals surface area contributed by atoms with Crippen LogP contribution in [0.3, 0.4) is 0 Å². The first-order valence-electron chi connectivity index (χ1n) is 16.3. The molecule has 1 aliphatic rings. The molecular formula is C45H33NS. The third-order valence-corrected chi connectivity index (χ3v) is 11.1. The molecule has 8 aromatic rings. The predicted octanol–water partition coefficient (Wildman–Crippen LogP) is 13.2. The largest absolute Gasteiger partial charge is 0.309 e. The number of benzene rings is 7. The molecule has 47 heavy (non-hydrogen) atoms. The van der Waals surface area contributed by atoms with Crippen LogP contribution in [0.5, 0.6) is 0 Å². The molecule has 224 valence electrons. The monoisotopic (exact) mass is 619 g/mol. The van der Waals surface area contributed by atoms with Gasteiger partial charge in [-0.3, -0.25) is 0 Å². The zero-order chi connectivity index (χ0) is 31.5. The highest BCUT2D eigenvalue weighted by molar-refractivity contribution is 7.26. The number of nitrogens with zero attached hydrogens (tertiary/aromatic N) is 1. The minimum atomic E-state index is -0.0628. The van der Waals surface area contributed by atoms with E-state index in [0.29, 0.717) is 0 Å². The maximum atomic E-state index is 2.43. The second-order valence-electron chi connectivity index (χ2n) is 13.0. The van der Waals surface area contributed by atoms with Crippen molar-refractivity contribution in [1.29, 1.82) is 0 Å². The van der Waals surface area contributed by atoms with Crippen LogP contribution in [0.2, 0.25) is 0 Å². The van der Waals surface area contributed by atoms with Gasteiger partial charge in [0.15, 0.2) is 0 Å². The van der Waals surface area contributed by atoms with Crippen molar-refractivity contribution >= 4 is 48.6 Å². The number of hydrogen-bond donors (Lipinski definition) is 0. The van der Waals surface area contributed by atoms with Gasteiger partial charge in [-0.2, -0.15) is 0 Å². The summed E-state index contributed by atoms with van der Waals surface area (Å²) in [5.74, 6) is 0. The van der Waals surface area contributed by atoms with E-state index in [1.54, 1.807) is 0 Å². The van der Waals surface area contributed by atoms with E-state index in [4.69, 9.17) is 0 Å². The molecule has 1 aromatic heterocycles. The Labute approximate surface area is 280 Å². The van der Waals surface area contributed by atoms with E-state index in [1.165, 1.54) is 70.4 Å². The van der Waals surface area contributed by atoms with E-state index < -0.39 is 0 Å². The molecule has 0 aliphatic heterocycles. The first-order chi connectivity index (χ1) is 23.1. The molecule has 9 rings (SSSR count). The Kier molecular flexibility index (Phi) is 6.41. The highest BCUT2D eigenvalue weighted by Gasteiger charge is 2.37. The quantitative estimate of drug-likeness (QED) is 0.185. The number of fused-ring (bicyclic) bond motifs is 7. The van der Waals surface area contributed by atoms with Crippen LogP contribution in [0.1, 0.15) is 25.0 Å². The lowest BCUT2D eigenvalue weighted by molar-refractivity contribution is 0.667. The Morgan fingerprint density at radius 2 is 0.957 bits per heavy atom. The fourth-order valence-corrected chi connectivity index (χ4v) is 9.07. The number of anilines is 3. The maximum Gasteiger partial charge on any atom is 0.0640 e. The van der Waals surface area contributed by atoms with Crippen molar-refractivity contribution in [3.63, 3.8) is 0 Å². The molecule has 0 amide bonds. The molecule has 1 aliphatic carbocycles. The van der Waals surface area contributed by atoms with E-state index >= 15 is 0 Å². The summed E-state index contributed by atoms with van der Waals surface area (Å²) < 4.78 is 2.70. The third kappa shape index (κ3) is 4.44. The van der Waals surface area contributed by atoms with Crippen LogP contribution < -0.4 is 4.90 Å². The average Bonchev–Trinajstić information content (AvgIpc) is 3.62. The van der Waals surface area contributed by atoms with E-state index in [-0.39, 0.29) is 5.41 Å². The Morgan fingerprint density at radius 3 is 1.57 bits per heavy atom. The first-order valence-corrected chi connectivity index (χ1v) is 17.1. The minimum absolute atomic E-state index is 0.0628. The molecule has 1 nitrogen and oxygen atoms in total. The third-order valence-electron chi connectivity index (χ3n) is 9.87. The molecule has 0 bridgehead atoms. The summed E-state index contributed by atoms with van der Waals surface area (Å²) in [6.07, 6.45) is 0. The van der Waals surface area contributed by atoms with E-state index in [9.17, 15) is 0 Å². The number of rotatable bonds is 5. The lowest BCUT2D eigenvalue weighted by atomic mass is 9.82. The van der Waals surface area contributed by atoms with Crippen LogP contribution in [0.15, 0.2) is 164 Å². The SMILES string of the molecule is CC1(C)c2ccccc2-c2ccc3c(sc4c(N(c5ccc(-c6ccccc6)cc5)c5ccc(-c6ccccc6)cc5)cccc43)c21. The highest BCUT2D eigenvalue weighted by Crippen LogP contribution is 2.55. The van der Waals surface area contributed by atoms with Gasteiger partial charge in [-0.05, 0) is 74.8 Å². The molecule has 0 saturated carbocycles. The van der Waals surface area contributed by atoms with Gasteiger partial charge in [-0.15, -0.1) is 11.3 Å². The van der Waals surface area contributed by atoms with Gasteiger partial charge in [0.1, 0.15) is 0 Å². The second kappa shape index (κ2) is 10.8. The Bertz CT molecular complexity index is 2320. The van der Waals surface area contributed by atoms with Crippen molar-refractivity contribution in [2.45, 2.75) is 19.3 Å². The molecule has 7 aromatic carbocycles. The summed E-state index contributed by atoms with van der Waals surface area (Å²) in [6.45, 7) is 4.77. The standard InChI is InChI=1S/C45H33NS/c1-45(2)40-18-10-9-16-36(40)37-28-29-39-38-17-11-19-41(43(38)47-44(39)42(37)45)46(34-24-20-32(21-25-34)30-12-5-3-6-13-30)35-26-22-33(23-27-35)31-14-7-4-8-15-31/h3-29H,1-2H3. The summed E-state index contributed by atoms with van der Waals surface area (Å²) in [6, 6.07) is 59.7. The lowest BCUT2D eigenvalue weighted by Crippen LogP contribution is -2.14. The Morgan fingerprint density at radius 1 is 0.426 bits per heavy atom. The van der Waals surface area contributed by atoms with Crippen LogP contribution >= 0.6 is 11.3 Å². The molecule has 0 unspecified atom stereocenters. The minimum Gasteiger partial charge on any atom is -0.309 e. The average molecular weight is 620 g/mol. The molecule has 0 spiro atoms. The molecule has 0 fully saturated rings. The van der Waals surface area contributed by atoms with Gasteiger partial charge in [-0.25, -0.2) is 0 Å². The van der Waals surface area contributed by atoms with Gasteiger partial charge in [-0.1, -0.05) is 147 Å². The number of hydrogen-bond acceptors (Lipinski definition) is 2. The highest BCUT2D eigenvalue weighted by atomic mass is 32.1. The van der Waals surface area contributed by atoms with Crippen molar-refractivity contribution in [3.8, 4) is 33.4 Å². The normalized spacial score (nSPS) is 13.1. The molecule has 0 N–H and O–H groups in total. The summed E-state index contributed by atoms with van der Waals surface area (Å²) in [5.41, 5.74) is 13.9. The van der Waals surface area contributed by atoms with Crippen molar-refractivity contribution in [2.24, 2.45) is 0 Å². The van der Waals surface area contributed by atoms with Gasteiger partial charge in [0.05, 0.1) is 10.4 Å². The molecule has 0 saturated heterocycles. The van der Waals surface area contributed by atoms with E-state index in [0.717, 1.165) is 11.4 Å². The van der Waals surface area contributed by atoms with Crippen molar-refractivity contribution in [3.05, 3.63) is 175 Å². The van der Waals surface area contributed by atoms with Gasteiger partial charge in [0.2, 0.25) is 0 Å². The van der Waals surface area contributed by atoms with E-state index in [2.05, 4.69) is 183 Å². The topological polar surface area (TPSA) is 3.24 Å². The van der Waals surface area contributed by atoms with Crippen molar-refractivity contribution in [2.75, 3.05) is 4.90 Å². The summed E-state index contributed by atoms with van der Waals surface area (Å²) in [4.78, 5) is 2.43. The van der Waals surface area contributed by atoms with Gasteiger partial charge >= 0.3 is 0 Å². The molecule has 0 atom stereocenters. The van der Waals surface area contributed by atoms with Gasteiger partial charge < -0.3 is 4.90 Å². The summed E-state index contributed by atoms with van der Waals surface area (Å²) >= 11 is 1.94. The summed E-state index contributed by atoms with van der Waals surface area (Å²) in [5, 5.41) is 2.65. The van der Waals surface area contributed by atoms with Crippen LogP contribution in [0.4, 0.5) is 17.1 Å². The van der Waals surface area contributed by atoms with Crippen LogP contribution in [-0.4, -0.2) is 0 Å². The maximum absolute atomic E-state index is 2.43. The zero-order valence-electron chi connectivity index (χ0n) is 26.4. The molecule has 1 heterocycles. The summed E-state index contributed by atoms with van der Waals surface area (Å²) in [7, 11) is 0. The fourth-order valence-electron chi connectivity index (χ4n) is 7.56. The first kappa shape index (κ1) is 27.8. The predicted molar refractivity (Wildman–Crippen MR) is 202 cm³/mol. The van der Waals surface area contributed by atoms with Crippen molar-refractivity contribution < 1.29 is 0 Å². The van der Waals surface area contributed by atoms with E-state index in [1.807, 2.05) is 11.3 Å². The Balaban J connectivity index is 1.24. The second-order valence-corrected chi connectivity index (χ2v) is 14.0. The molecular weight excluding hydrogens is 587 g/mol. The van der Waals surface area contributed by atoms with Gasteiger partial charge in [0.25, 0.3) is 0 Å². The molecule has 2 heteroatoms. The Hall–Kier alpha value is -5.44. The van der Waals surface area contributed by atoms with Crippen LogP contribution in [0, 0.1) is 0 Å². The molecule has 0 radical (unpaired) electrons. The number of thiophene rings is 1.